The van der Waals surface area contributed by atoms with Crippen LogP contribution in [0, 0.1) is 0 Å². The van der Waals surface area contributed by atoms with Gasteiger partial charge in [0.05, 0.1) is 5.02 Å². The summed E-state index contributed by atoms with van der Waals surface area (Å²) in [5.41, 5.74) is 6.87. The summed E-state index contributed by atoms with van der Waals surface area (Å²) in [6, 6.07) is 14.0. The summed E-state index contributed by atoms with van der Waals surface area (Å²) in [4.78, 5) is 11.7. The number of halogens is 1. The molecular formula is C14H13ClN2O2. The maximum atomic E-state index is 11.7. The number of para-hydroxylation sites is 1. The molecule has 98 valence electrons. The molecule has 2 aromatic carbocycles. The van der Waals surface area contributed by atoms with E-state index in [1.807, 2.05) is 18.2 Å². The molecule has 5 heteroatoms. The molecule has 0 saturated heterocycles. The van der Waals surface area contributed by atoms with Crippen molar-refractivity contribution in [3.8, 4) is 5.75 Å². The third-order valence-corrected chi connectivity index (χ3v) is 2.68. The lowest BCUT2D eigenvalue weighted by Gasteiger charge is -2.09. The van der Waals surface area contributed by atoms with Crippen molar-refractivity contribution in [3.63, 3.8) is 0 Å². The van der Waals surface area contributed by atoms with Gasteiger partial charge in [0.25, 0.3) is 5.91 Å². The Morgan fingerprint density at radius 2 is 1.95 bits per heavy atom. The topological polar surface area (TPSA) is 64.3 Å². The minimum Gasteiger partial charge on any atom is -0.482 e. The second kappa shape index (κ2) is 6.11. The number of carbonyl (C=O) groups excluding carboxylic acids is 1. The van der Waals surface area contributed by atoms with E-state index in [-0.39, 0.29) is 12.5 Å². The Morgan fingerprint density at radius 3 is 2.68 bits per heavy atom. The van der Waals surface area contributed by atoms with Crippen molar-refractivity contribution in [2.24, 2.45) is 0 Å². The predicted molar refractivity (Wildman–Crippen MR) is 76.4 cm³/mol. The molecule has 0 aliphatic rings. The minimum atomic E-state index is -0.260. The van der Waals surface area contributed by atoms with Crippen LogP contribution in [0.25, 0.3) is 0 Å². The van der Waals surface area contributed by atoms with Crippen LogP contribution in [0.2, 0.25) is 5.02 Å². The second-order valence-electron chi connectivity index (χ2n) is 3.89. The first-order valence-electron chi connectivity index (χ1n) is 5.68. The van der Waals surface area contributed by atoms with Gasteiger partial charge in [0, 0.05) is 17.4 Å². The van der Waals surface area contributed by atoms with E-state index in [9.17, 15) is 4.79 Å². The van der Waals surface area contributed by atoms with Crippen LogP contribution in [0.3, 0.4) is 0 Å². The van der Waals surface area contributed by atoms with Gasteiger partial charge < -0.3 is 15.8 Å². The number of ether oxygens (including phenoxy) is 1. The molecule has 0 aromatic heterocycles. The number of carbonyl (C=O) groups is 1. The van der Waals surface area contributed by atoms with E-state index in [0.717, 1.165) is 5.69 Å². The van der Waals surface area contributed by atoms with Gasteiger partial charge in [0.15, 0.2) is 6.61 Å². The molecule has 0 unspecified atom stereocenters. The van der Waals surface area contributed by atoms with E-state index in [1.54, 1.807) is 30.3 Å². The standard InChI is InChI=1S/C14H13ClN2O2/c15-12-7-6-10(16)8-13(12)19-9-14(18)17-11-4-2-1-3-5-11/h1-8H,9,16H2,(H,17,18). The van der Waals surface area contributed by atoms with Crippen molar-refractivity contribution in [2.75, 3.05) is 17.7 Å². The second-order valence-corrected chi connectivity index (χ2v) is 4.30. The summed E-state index contributed by atoms with van der Waals surface area (Å²) in [7, 11) is 0. The zero-order valence-electron chi connectivity index (χ0n) is 10.1. The first-order valence-corrected chi connectivity index (χ1v) is 6.05. The summed E-state index contributed by atoms with van der Waals surface area (Å²) in [6.07, 6.45) is 0. The average Bonchev–Trinajstić information content (AvgIpc) is 2.41. The highest BCUT2D eigenvalue weighted by molar-refractivity contribution is 6.32. The largest absolute Gasteiger partial charge is 0.482 e. The van der Waals surface area contributed by atoms with Crippen molar-refractivity contribution in [2.45, 2.75) is 0 Å². The van der Waals surface area contributed by atoms with Crippen LogP contribution < -0.4 is 15.8 Å². The molecule has 0 fully saturated rings. The van der Waals surface area contributed by atoms with Crippen LogP contribution in [-0.2, 0) is 4.79 Å². The van der Waals surface area contributed by atoms with Crippen molar-refractivity contribution in [1.82, 2.24) is 0 Å². The summed E-state index contributed by atoms with van der Waals surface area (Å²) in [5, 5.41) is 3.13. The summed E-state index contributed by atoms with van der Waals surface area (Å²) in [5.74, 6) is 0.134. The molecule has 2 rings (SSSR count). The first-order chi connectivity index (χ1) is 9.15. The lowest BCUT2D eigenvalue weighted by molar-refractivity contribution is -0.118. The number of amides is 1. The third-order valence-electron chi connectivity index (χ3n) is 2.37. The highest BCUT2D eigenvalue weighted by Crippen LogP contribution is 2.26. The minimum absolute atomic E-state index is 0.127. The SMILES string of the molecule is Nc1ccc(Cl)c(OCC(=O)Nc2ccccc2)c1. The third kappa shape index (κ3) is 3.89. The Balaban J connectivity index is 1.92. The molecule has 4 nitrogen and oxygen atoms in total. The van der Waals surface area contributed by atoms with Crippen molar-refractivity contribution < 1.29 is 9.53 Å². The average molecular weight is 277 g/mol. The van der Waals surface area contributed by atoms with Crippen LogP contribution in [0.4, 0.5) is 11.4 Å². The monoisotopic (exact) mass is 276 g/mol. The van der Waals surface area contributed by atoms with Gasteiger partial charge in [0.1, 0.15) is 5.75 Å². The molecule has 0 bridgehead atoms. The molecule has 1 amide bonds. The van der Waals surface area contributed by atoms with Gasteiger partial charge in [-0.25, -0.2) is 0 Å². The molecule has 3 N–H and O–H groups in total. The van der Waals surface area contributed by atoms with Gasteiger partial charge in [-0.3, -0.25) is 4.79 Å². The zero-order chi connectivity index (χ0) is 13.7. The molecule has 0 saturated carbocycles. The Labute approximate surface area is 116 Å². The fourth-order valence-corrected chi connectivity index (χ4v) is 1.66. The highest BCUT2D eigenvalue weighted by Gasteiger charge is 2.06. The fourth-order valence-electron chi connectivity index (χ4n) is 1.49. The quantitative estimate of drug-likeness (QED) is 0.844. The van der Waals surface area contributed by atoms with Crippen LogP contribution in [0.15, 0.2) is 48.5 Å². The Bertz CT molecular complexity index is 573. The molecule has 0 aliphatic heterocycles. The Kier molecular flexibility index (Phi) is 4.26. The number of hydrogen-bond donors (Lipinski definition) is 2. The van der Waals surface area contributed by atoms with Gasteiger partial charge in [-0.2, -0.15) is 0 Å². The highest BCUT2D eigenvalue weighted by atomic mass is 35.5. The molecular weight excluding hydrogens is 264 g/mol. The van der Waals surface area contributed by atoms with Crippen LogP contribution in [0.5, 0.6) is 5.75 Å². The number of nitrogen functional groups attached to an aromatic ring is 1. The molecule has 0 spiro atoms. The van der Waals surface area contributed by atoms with Gasteiger partial charge in [0.2, 0.25) is 0 Å². The van der Waals surface area contributed by atoms with Crippen LogP contribution in [-0.4, -0.2) is 12.5 Å². The number of rotatable bonds is 4. The summed E-state index contributed by atoms with van der Waals surface area (Å²) in [6.45, 7) is -0.127. The Hall–Kier alpha value is -2.20. The normalized spacial score (nSPS) is 9.95. The van der Waals surface area contributed by atoms with Crippen LogP contribution >= 0.6 is 11.6 Å². The van der Waals surface area contributed by atoms with Crippen molar-refractivity contribution in [1.29, 1.82) is 0 Å². The maximum Gasteiger partial charge on any atom is 0.262 e. The zero-order valence-corrected chi connectivity index (χ0v) is 10.9. The lowest BCUT2D eigenvalue weighted by atomic mass is 10.3. The van der Waals surface area contributed by atoms with Gasteiger partial charge in [-0.1, -0.05) is 29.8 Å². The molecule has 2 aromatic rings. The van der Waals surface area contributed by atoms with Crippen LogP contribution in [0.1, 0.15) is 0 Å². The van der Waals surface area contributed by atoms with Gasteiger partial charge in [-0.15, -0.1) is 0 Å². The number of nitrogens with one attached hydrogen (secondary N) is 1. The summed E-state index contributed by atoms with van der Waals surface area (Å²) < 4.78 is 5.33. The molecule has 19 heavy (non-hydrogen) atoms. The van der Waals surface area contributed by atoms with E-state index < -0.39 is 0 Å². The van der Waals surface area contributed by atoms with E-state index in [4.69, 9.17) is 22.1 Å². The first kappa shape index (κ1) is 13.2. The number of anilines is 2. The van der Waals surface area contributed by atoms with E-state index in [0.29, 0.717) is 16.5 Å². The van der Waals surface area contributed by atoms with E-state index in [1.165, 1.54) is 0 Å². The number of nitrogens with two attached hydrogens (primary N) is 1. The fraction of sp³-hybridized carbons (Fsp3) is 0.0714. The van der Waals surface area contributed by atoms with Gasteiger partial charge in [-0.05, 0) is 24.3 Å². The van der Waals surface area contributed by atoms with E-state index in [2.05, 4.69) is 5.32 Å². The number of hydrogen-bond acceptors (Lipinski definition) is 3. The van der Waals surface area contributed by atoms with Gasteiger partial charge >= 0.3 is 0 Å². The maximum absolute atomic E-state index is 11.7. The number of benzene rings is 2. The molecule has 0 aliphatic carbocycles. The molecule has 0 heterocycles. The molecule has 0 atom stereocenters. The van der Waals surface area contributed by atoms with E-state index >= 15 is 0 Å². The predicted octanol–water partition coefficient (Wildman–Crippen LogP) is 2.94. The lowest BCUT2D eigenvalue weighted by Crippen LogP contribution is -2.20. The summed E-state index contributed by atoms with van der Waals surface area (Å²) >= 11 is 5.93. The molecule has 0 radical (unpaired) electrons. The smallest absolute Gasteiger partial charge is 0.262 e. The Morgan fingerprint density at radius 1 is 1.21 bits per heavy atom. The van der Waals surface area contributed by atoms with Crippen molar-refractivity contribution >= 4 is 28.9 Å². The van der Waals surface area contributed by atoms with Crippen molar-refractivity contribution in [3.05, 3.63) is 53.6 Å².